The van der Waals surface area contributed by atoms with Crippen LogP contribution in [0.4, 0.5) is 4.39 Å². The summed E-state index contributed by atoms with van der Waals surface area (Å²) in [7, 11) is 0. The number of aromatic nitrogens is 1. The third kappa shape index (κ3) is 1.09. The van der Waals surface area contributed by atoms with E-state index in [4.69, 9.17) is 11.6 Å². The molecule has 62 valence electrons. The molecule has 0 bridgehead atoms. The first-order valence-electron chi connectivity index (χ1n) is 3.39. The summed E-state index contributed by atoms with van der Waals surface area (Å²) in [5.41, 5.74) is 0.830. The summed E-state index contributed by atoms with van der Waals surface area (Å²) in [4.78, 5) is 0. The van der Waals surface area contributed by atoms with E-state index in [-0.39, 0.29) is 5.82 Å². The summed E-state index contributed by atoms with van der Waals surface area (Å²) in [5.74, 6) is -0.309. The molecule has 0 amide bonds. The molecule has 1 nitrogen and oxygen atoms in total. The number of nitrogens with zero attached hydrogens (tertiary/aromatic N) is 1. The maximum atomic E-state index is 12.8. The minimum Gasteiger partial charge on any atom is -0.207 e. The van der Waals surface area contributed by atoms with E-state index >= 15 is 0 Å². The van der Waals surface area contributed by atoms with Gasteiger partial charge in [-0.25, -0.2) is 4.39 Å². The van der Waals surface area contributed by atoms with Crippen LogP contribution < -0.4 is 0 Å². The van der Waals surface area contributed by atoms with E-state index in [2.05, 4.69) is 4.37 Å². The molecule has 0 spiro atoms. The van der Waals surface area contributed by atoms with Crippen LogP contribution in [0.3, 0.4) is 0 Å². The molecule has 0 aliphatic carbocycles. The van der Waals surface area contributed by atoms with Crippen molar-refractivity contribution >= 4 is 33.2 Å². The molecular formula is C8H5ClFNS. The summed E-state index contributed by atoms with van der Waals surface area (Å²) >= 11 is 7.11. The van der Waals surface area contributed by atoms with Gasteiger partial charge >= 0.3 is 0 Å². The third-order valence-electron chi connectivity index (χ3n) is 1.67. The van der Waals surface area contributed by atoms with Gasteiger partial charge in [-0.1, -0.05) is 11.6 Å². The largest absolute Gasteiger partial charge is 0.207 e. The number of rotatable bonds is 0. The lowest BCUT2D eigenvalue weighted by atomic mass is 10.2. The number of hydrogen-bond donors (Lipinski definition) is 0. The molecule has 2 rings (SSSR count). The Balaban J connectivity index is 2.92. The Labute approximate surface area is 77.9 Å². The van der Waals surface area contributed by atoms with Gasteiger partial charge in [-0.2, -0.15) is 4.37 Å². The first kappa shape index (κ1) is 7.95. The maximum Gasteiger partial charge on any atom is 0.125 e. The molecule has 2 aromatic rings. The van der Waals surface area contributed by atoms with Gasteiger partial charge in [-0.3, -0.25) is 0 Å². The second kappa shape index (κ2) is 2.68. The zero-order valence-electron chi connectivity index (χ0n) is 6.27. The average Bonchev–Trinajstić information content (AvgIpc) is 2.33. The van der Waals surface area contributed by atoms with Gasteiger partial charge in [0.2, 0.25) is 0 Å². The molecule has 1 heterocycles. The van der Waals surface area contributed by atoms with Crippen LogP contribution >= 0.6 is 23.1 Å². The topological polar surface area (TPSA) is 12.9 Å². The van der Waals surface area contributed by atoms with Gasteiger partial charge < -0.3 is 0 Å². The monoisotopic (exact) mass is 201 g/mol. The molecule has 0 fully saturated rings. The lowest BCUT2D eigenvalue weighted by Gasteiger charge is -1.93. The Morgan fingerprint density at radius 3 is 3.00 bits per heavy atom. The number of halogens is 2. The first-order valence-corrected chi connectivity index (χ1v) is 4.54. The van der Waals surface area contributed by atoms with Crippen LogP contribution in [0.5, 0.6) is 0 Å². The Morgan fingerprint density at radius 2 is 2.25 bits per heavy atom. The predicted octanol–water partition coefficient (Wildman–Crippen LogP) is 3.40. The van der Waals surface area contributed by atoms with Gasteiger partial charge in [0.1, 0.15) is 5.82 Å². The zero-order valence-corrected chi connectivity index (χ0v) is 7.84. The molecule has 0 saturated heterocycles. The maximum absolute atomic E-state index is 12.8. The molecule has 0 unspecified atom stereocenters. The molecule has 1 aromatic heterocycles. The first-order chi connectivity index (χ1) is 5.68. The smallest absolute Gasteiger partial charge is 0.125 e. The Kier molecular flexibility index (Phi) is 1.77. The highest BCUT2D eigenvalue weighted by Gasteiger charge is 2.07. The summed E-state index contributed by atoms with van der Waals surface area (Å²) < 4.78 is 17.8. The van der Waals surface area contributed by atoms with Crippen molar-refractivity contribution in [3.8, 4) is 0 Å². The van der Waals surface area contributed by atoms with Crippen LogP contribution in [0.25, 0.3) is 10.1 Å². The summed E-state index contributed by atoms with van der Waals surface area (Å²) in [5, 5.41) is 1.25. The van der Waals surface area contributed by atoms with Crippen molar-refractivity contribution < 1.29 is 4.39 Å². The third-order valence-corrected chi connectivity index (χ3v) is 3.07. The lowest BCUT2D eigenvalue weighted by Crippen LogP contribution is -1.75. The van der Waals surface area contributed by atoms with Gasteiger partial charge in [0.25, 0.3) is 0 Å². The van der Waals surface area contributed by atoms with Crippen molar-refractivity contribution in [1.82, 2.24) is 4.37 Å². The van der Waals surface area contributed by atoms with Gasteiger partial charge in [-0.05, 0) is 30.6 Å². The van der Waals surface area contributed by atoms with E-state index in [9.17, 15) is 4.39 Å². The van der Waals surface area contributed by atoms with E-state index in [1.165, 1.54) is 23.7 Å². The van der Waals surface area contributed by atoms with E-state index in [0.717, 1.165) is 15.8 Å². The SMILES string of the molecule is Cc1nsc2c(Cl)cc(F)cc12. The van der Waals surface area contributed by atoms with Crippen molar-refractivity contribution in [1.29, 1.82) is 0 Å². The van der Waals surface area contributed by atoms with E-state index < -0.39 is 0 Å². The molecule has 0 aliphatic rings. The fraction of sp³-hybridized carbons (Fsp3) is 0.125. The van der Waals surface area contributed by atoms with Crippen LogP contribution in [0.2, 0.25) is 5.02 Å². The van der Waals surface area contributed by atoms with Crippen molar-refractivity contribution in [2.24, 2.45) is 0 Å². The Hall–Kier alpha value is -0.670. The Bertz CT molecular complexity index is 438. The molecule has 12 heavy (non-hydrogen) atoms. The van der Waals surface area contributed by atoms with Crippen molar-refractivity contribution in [3.63, 3.8) is 0 Å². The summed E-state index contributed by atoms with van der Waals surface area (Å²) in [6.07, 6.45) is 0. The van der Waals surface area contributed by atoms with Crippen LogP contribution in [0, 0.1) is 12.7 Å². The van der Waals surface area contributed by atoms with Gasteiger partial charge in [0, 0.05) is 5.39 Å². The Morgan fingerprint density at radius 1 is 1.50 bits per heavy atom. The molecule has 4 heteroatoms. The second-order valence-corrected chi connectivity index (χ2v) is 3.71. The van der Waals surface area contributed by atoms with Crippen molar-refractivity contribution in [3.05, 3.63) is 28.7 Å². The molecule has 0 aliphatic heterocycles. The predicted molar refractivity (Wildman–Crippen MR) is 49.3 cm³/mol. The number of hydrogen-bond acceptors (Lipinski definition) is 2. The van der Waals surface area contributed by atoms with Crippen LogP contribution in [0.1, 0.15) is 5.69 Å². The lowest BCUT2D eigenvalue weighted by molar-refractivity contribution is 0.630. The molecular weight excluding hydrogens is 197 g/mol. The second-order valence-electron chi connectivity index (χ2n) is 2.53. The summed E-state index contributed by atoms with van der Waals surface area (Å²) in [6, 6.07) is 2.77. The average molecular weight is 202 g/mol. The van der Waals surface area contributed by atoms with E-state index in [0.29, 0.717) is 5.02 Å². The fourth-order valence-corrected chi connectivity index (χ4v) is 2.17. The summed E-state index contributed by atoms with van der Waals surface area (Å²) in [6.45, 7) is 1.84. The standard InChI is InChI=1S/C8H5ClFNS/c1-4-6-2-5(10)3-7(9)8(6)12-11-4/h2-3H,1H3. The van der Waals surface area contributed by atoms with E-state index in [1.807, 2.05) is 6.92 Å². The van der Waals surface area contributed by atoms with Gasteiger partial charge in [-0.15, -0.1) is 0 Å². The van der Waals surface area contributed by atoms with Gasteiger partial charge in [0.15, 0.2) is 0 Å². The minimum atomic E-state index is -0.309. The molecule has 0 saturated carbocycles. The van der Waals surface area contributed by atoms with E-state index in [1.54, 1.807) is 0 Å². The highest BCUT2D eigenvalue weighted by molar-refractivity contribution is 7.14. The number of aryl methyl sites for hydroxylation is 1. The molecule has 1 aromatic carbocycles. The van der Waals surface area contributed by atoms with Crippen LogP contribution in [-0.4, -0.2) is 4.37 Å². The minimum absolute atomic E-state index is 0.309. The highest BCUT2D eigenvalue weighted by atomic mass is 35.5. The van der Waals surface area contributed by atoms with Crippen molar-refractivity contribution in [2.45, 2.75) is 6.92 Å². The number of fused-ring (bicyclic) bond motifs is 1. The fourth-order valence-electron chi connectivity index (χ4n) is 1.09. The quantitative estimate of drug-likeness (QED) is 0.637. The van der Waals surface area contributed by atoms with Crippen LogP contribution in [-0.2, 0) is 0 Å². The zero-order chi connectivity index (χ0) is 8.72. The molecule has 0 N–H and O–H groups in total. The number of benzene rings is 1. The molecule has 0 radical (unpaired) electrons. The normalized spacial score (nSPS) is 10.9. The van der Waals surface area contributed by atoms with Crippen LogP contribution in [0.15, 0.2) is 12.1 Å². The van der Waals surface area contributed by atoms with Crippen molar-refractivity contribution in [2.75, 3.05) is 0 Å². The van der Waals surface area contributed by atoms with Gasteiger partial charge in [0.05, 0.1) is 15.4 Å². The highest BCUT2D eigenvalue weighted by Crippen LogP contribution is 2.30. The molecule has 0 atom stereocenters.